The maximum Gasteiger partial charge on any atom is 0.232 e. The summed E-state index contributed by atoms with van der Waals surface area (Å²) < 4.78 is 5.06. The van der Waals surface area contributed by atoms with Gasteiger partial charge in [-0.25, -0.2) is 4.98 Å². The Labute approximate surface area is 118 Å². The average Bonchev–Trinajstić information content (AvgIpc) is 2.40. The number of methoxy groups -OCH3 is 1. The van der Waals surface area contributed by atoms with Crippen molar-refractivity contribution in [2.45, 2.75) is 24.6 Å². The van der Waals surface area contributed by atoms with Crippen LogP contribution < -0.4 is 4.74 Å². The molecule has 3 nitrogen and oxygen atoms in total. The van der Waals surface area contributed by atoms with Crippen LogP contribution >= 0.6 is 23.4 Å². The van der Waals surface area contributed by atoms with Gasteiger partial charge < -0.3 is 4.74 Å². The third-order valence-electron chi connectivity index (χ3n) is 3.33. The maximum atomic E-state index is 6.08. The number of ether oxygens (including phenoxy) is 1. The van der Waals surface area contributed by atoms with Crippen LogP contribution in [0.2, 0.25) is 5.02 Å². The smallest absolute Gasteiger partial charge is 0.232 e. The molecule has 0 atom stereocenters. The first kappa shape index (κ1) is 14.0. The molecule has 0 N–H and O–H groups in total. The highest BCUT2D eigenvalue weighted by Gasteiger charge is 2.18. The van der Waals surface area contributed by atoms with Crippen LogP contribution in [0.1, 0.15) is 18.4 Å². The summed E-state index contributed by atoms with van der Waals surface area (Å²) in [6, 6.07) is 1.95. The molecule has 0 aromatic carbocycles. The van der Waals surface area contributed by atoms with Gasteiger partial charge in [0, 0.05) is 18.0 Å². The second kappa shape index (κ2) is 6.64. The Hall–Kier alpha value is -0.450. The van der Waals surface area contributed by atoms with Crippen molar-refractivity contribution in [1.82, 2.24) is 9.88 Å². The first-order chi connectivity index (χ1) is 8.72. The quantitative estimate of drug-likeness (QED) is 0.849. The minimum Gasteiger partial charge on any atom is -0.480 e. The van der Waals surface area contributed by atoms with Crippen LogP contribution in [-0.4, -0.2) is 41.6 Å². The Bertz CT molecular complexity index is 395. The zero-order valence-corrected chi connectivity index (χ0v) is 12.4. The SMILES string of the molecule is COc1ncc(CN2CCC(SC)CC2)cc1Cl. The van der Waals surface area contributed by atoms with Gasteiger partial charge in [0.15, 0.2) is 0 Å². The lowest BCUT2D eigenvalue weighted by Crippen LogP contribution is -2.34. The highest BCUT2D eigenvalue weighted by molar-refractivity contribution is 7.99. The predicted molar refractivity (Wildman–Crippen MR) is 77.6 cm³/mol. The van der Waals surface area contributed by atoms with Gasteiger partial charge in [0.1, 0.15) is 5.02 Å². The van der Waals surface area contributed by atoms with Gasteiger partial charge in [0.25, 0.3) is 0 Å². The Kier molecular flexibility index (Phi) is 5.15. The standard InChI is InChI=1S/C13H19ClN2OS/c1-17-13-12(14)7-10(8-15-13)9-16-5-3-11(18-2)4-6-16/h7-8,11H,3-6,9H2,1-2H3. The third-order valence-corrected chi connectivity index (χ3v) is 4.74. The third kappa shape index (κ3) is 3.53. The van der Waals surface area contributed by atoms with Gasteiger partial charge in [-0.1, -0.05) is 11.6 Å². The van der Waals surface area contributed by atoms with Gasteiger partial charge >= 0.3 is 0 Å². The lowest BCUT2D eigenvalue weighted by molar-refractivity contribution is 0.224. The summed E-state index contributed by atoms with van der Waals surface area (Å²) in [7, 11) is 1.58. The Balaban J connectivity index is 1.92. The molecule has 100 valence electrons. The minimum atomic E-state index is 0.501. The molecule has 1 aromatic heterocycles. The second-order valence-corrected chi connectivity index (χ2v) is 6.09. The first-order valence-electron chi connectivity index (χ1n) is 6.16. The summed E-state index contributed by atoms with van der Waals surface area (Å²) in [4.78, 5) is 6.67. The van der Waals surface area contributed by atoms with Crippen LogP contribution in [0, 0.1) is 0 Å². The largest absolute Gasteiger partial charge is 0.480 e. The summed E-state index contributed by atoms with van der Waals surface area (Å²) in [6.45, 7) is 3.25. The summed E-state index contributed by atoms with van der Waals surface area (Å²) in [5, 5.41) is 1.42. The molecular formula is C13H19ClN2OS. The molecule has 0 amide bonds. The lowest BCUT2D eigenvalue weighted by atomic mass is 10.1. The van der Waals surface area contributed by atoms with Crippen LogP contribution in [0.4, 0.5) is 0 Å². The number of thioether (sulfide) groups is 1. The Morgan fingerprint density at radius 3 is 2.78 bits per heavy atom. The van der Waals surface area contributed by atoms with Crippen molar-refractivity contribution in [2.24, 2.45) is 0 Å². The van der Waals surface area contributed by atoms with E-state index in [1.54, 1.807) is 7.11 Å². The van der Waals surface area contributed by atoms with Crippen molar-refractivity contribution in [3.05, 3.63) is 22.8 Å². The molecule has 0 aliphatic carbocycles. The fourth-order valence-corrected chi connectivity index (χ4v) is 3.21. The summed E-state index contributed by atoms with van der Waals surface area (Å²) in [6.07, 6.45) is 6.61. The molecular weight excluding hydrogens is 268 g/mol. The summed E-state index contributed by atoms with van der Waals surface area (Å²) in [5.41, 5.74) is 1.16. The number of rotatable bonds is 4. The number of hydrogen-bond donors (Lipinski definition) is 0. The van der Waals surface area contributed by atoms with Crippen LogP contribution in [0.15, 0.2) is 12.3 Å². The number of piperidine rings is 1. The number of nitrogens with zero attached hydrogens (tertiary/aromatic N) is 2. The second-order valence-electron chi connectivity index (χ2n) is 4.55. The number of pyridine rings is 1. The fourth-order valence-electron chi connectivity index (χ4n) is 2.26. The van der Waals surface area contributed by atoms with Crippen LogP contribution in [0.5, 0.6) is 5.88 Å². The normalized spacial score (nSPS) is 17.9. The van der Waals surface area contributed by atoms with E-state index in [2.05, 4.69) is 16.1 Å². The molecule has 1 aromatic rings. The van der Waals surface area contributed by atoms with Gasteiger partial charge in [0.2, 0.25) is 5.88 Å². The van der Waals surface area contributed by atoms with E-state index >= 15 is 0 Å². The van der Waals surface area contributed by atoms with Crippen molar-refractivity contribution in [3.63, 3.8) is 0 Å². The van der Waals surface area contributed by atoms with E-state index in [9.17, 15) is 0 Å². The highest BCUT2D eigenvalue weighted by atomic mass is 35.5. The number of hydrogen-bond acceptors (Lipinski definition) is 4. The highest BCUT2D eigenvalue weighted by Crippen LogP contribution is 2.25. The molecule has 0 bridgehead atoms. The molecule has 1 aliphatic heterocycles. The molecule has 1 fully saturated rings. The van der Waals surface area contributed by atoms with Crippen molar-refractivity contribution in [2.75, 3.05) is 26.5 Å². The van der Waals surface area contributed by atoms with E-state index in [0.29, 0.717) is 10.9 Å². The molecule has 18 heavy (non-hydrogen) atoms. The van der Waals surface area contributed by atoms with Gasteiger partial charge in [-0.15, -0.1) is 0 Å². The molecule has 5 heteroatoms. The van der Waals surface area contributed by atoms with Crippen molar-refractivity contribution in [1.29, 1.82) is 0 Å². The number of likely N-dealkylation sites (tertiary alicyclic amines) is 1. The zero-order chi connectivity index (χ0) is 13.0. The van der Waals surface area contributed by atoms with E-state index in [0.717, 1.165) is 30.4 Å². The van der Waals surface area contributed by atoms with Crippen molar-refractivity contribution in [3.8, 4) is 5.88 Å². The zero-order valence-electron chi connectivity index (χ0n) is 10.9. The summed E-state index contributed by atoms with van der Waals surface area (Å²) >= 11 is 8.07. The minimum absolute atomic E-state index is 0.501. The van der Waals surface area contributed by atoms with E-state index in [1.165, 1.54) is 12.8 Å². The van der Waals surface area contributed by atoms with Crippen molar-refractivity contribution >= 4 is 23.4 Å². The van der Waals surface area contributed by atoms with E-state index in [-0.39, 0.29) is 0 Å². The number of halogens is 1. The van der Waals surface area contributed by atoms with E-state index < -0.39 is 0 Å². The van der Waals surface area contributed by atoms with Crippen LogP contribution in [0.25, 0.3) is 0 Å². The maximum absolute atomic E-state index is 6.08. The molecule has 0 spiro atoms. The Morgan fingerprint density at radius 1 is 1.50 bits per heavy atom. The van der Waals surface area contributed by atoms with Gasteiger partial charge in [-0.3, -0.25) is 4.90 Å². The van der Waals surface area contributed by atoms with Crippen LogP contribution in [0.3, 0.4) is 0 Å². The fraction of sp³-hybridized carbons (Fsp3) is 0.615. The molecule has 0 unspecified atom stereocenters. The van der Waals surface area contributed by atoms with E-state index in [4.69, 9.17) is 16.3 Å². The molecule has 2 heterocycles. The average molecular weight is 287 g/mol. The monoisotopic (exact) mass is 286 g/mol. The van der Waals surface area contributed by atoms with E-state index in [1.807, 2.05) is 24.0 Å². The van der Waals surface area contributed by atoms with Gasteiger partial charge in [-0.2, -0.15) is 11.8 Å². The topological polar surface area (TPSA) is 25.4 Å². The van der Waals surface area contributed by atoms with Gasteiger partial charge in [0.05, 0.1) is 7.11 Å². The molecule has 0 radical (unpaired) electrons. The molecule has 2 rings (SSSR count). The molecule has 1 saturated heterocycles. The Morgan fingerprint density at radius 2 is 2.22 bits per heavy atom. The lowest BCUT2D eigenvalue weighted by Gasteiger charge is -2.31. The number of aromatic nitrogens is 1. The summed E-state index contributed by atoms with van der Waals surface area (Å²) in [5.74, 6) is 0.501. The van der Waals surface area contributed by atoms with Gasteiger partial charge in [-0.05, 0) is 43.8 Å². The first-order valence-corrected chi connectivity index (χ1v) is 7.83. The predicted octanol–water partition coefficient (Wildman–Crippen LogP) is 3.07. The molecule has 0 saturated carbocycles. The van der Waals surface area contributed by atoms with Crippen LogP contribution in [-0.2, 0) is 6.54 Å². The van der Waals surface area contributed by atoms with Crippen molar-refractivity contribution < 1.29 is 4.74 Å². The molecule has 1 aliphatic rings.